The van der Waals surface area contributed by atoms with E-state index >= 15 is 0 Å². The molecule has 0 spiro atoms. The van der Waals surface area contributed by atoms with Gasteiger partial charge < -0.3 is 14.7 Å². The van der Waals surface area contributed by atoms with Crippen LogP contribution in [0.4, 0.5) is 4.39 Å². The molecular weight excluding hydrogens is 375 g/mol. The second-order valence-electron chi connectivity index (χ2n) is 6.92. The van der Waals surface area contributed by atoms with Crippen molar-refractivity contribution in [2.75, 3.05) is 20.6 Å². The van der Waals surface area contributed by atoms with Crippen LogP contribution < -0.4 is 4.74 Å². The Balaban J connectivity index is 1.88. The molecule has 7 nitrogen and oxygen atoms in total. The summed E-state index contributed by atoms with van der Waals surface area (Å²) in [5.41, 5.74) is 1.83. The quantitative estimate of drug-likeness (QED) is 0.596. The first-order chi connectivity index (χ1) is 13.9. The highest BCUT2D eigenvalue weighted by Crippen LogP contribution is 2.25. The van der Waals surface area contributed by atoms with Crippen molar-refractivity contribution in [1.29, 1.82) is 0 Å². The van der Waals surface area contributed by atoms with Gasteiger partial charge in [-0.25, -0.2) is 14.2 Å². The minimum atomic E-state index is -1.04. The van der Waals surface area contributed by atoms with Crippen LogP contribution in [0.1, 0.15) is 27.9 Å². The van der Waals surface area contributed by atoms with Gasteiger partial charge in [-0.2, -0.15) is 9.78 Å². The summed E-state index contributed by atoms with van der Waals surface area (Å²) in [6.45, 7) is 1.14. The maximum atomic E-state index is 13.1. The van der Waals surface area contributed by atoms with Gasteiger partial charge in [-0.1, -0.05) is 12.1 Å². The minimum Gasteiger partial charge on any atom is -0.478 e. The lowest BCUT2D eigenvalue weighted by atomic mass is 10.2. The van der Waals surface area contributed by atoms with Crippen LogP contribution in [-0.2, 0) is 13.0 Å². The van der Waals surface area contributed by atoms with Crippen molar-refractivity contribution in [1.82, 2.24) is 19.7 Å². The van der Waals surface area contributed by atoms with E-state index in [4.69, 9.17) is 4.74 Å². The molecule has 3 rings (SSSR count). The predicted octanol–water partition coefficient (Wildman–Crippen LogP) is 3.18. The van der Waals surface area contributed by atoms with Crippen LogP contribution in [-0.4, -0.2) is 51.4 Å². The first-order valence-electron chi connectivity index (χ1n) is 9.22. The summed E-state index contributed by atoms with van der Waals surface area (Å²) in [5.74, 6) is -0.486. The third kappa shape index (κ3) is 5.39. The van der Waals surface area contributed by atoms with E-state index in [1.54, 1.807) is 18.3 Å². The van der Waals surface area contributed by atoms with Gasteiger partial charge in [-0.3, -0.25) is 0 Å². The molecule has 152 valence electrons. The van der Waals surface area contributed by atoms with Crippen molar-refractivity contribution >= 4 is 5.97 Å². The first kappa shape index (κ1) is 20.5. The molecule has 0 saturated carbocycles. The lowest BCUT2D eigenvalue weighted by molar-refractivity contribution is 0.0696. The number of hydrogen-bond acceptors (Lipinski definition) is 5. The first-order valence-corrected chi connectivity index (χ1v) is 9.22. The maximum Gasteiger partial charge on any atom is 0.335 e. The number of hydrogen-bond donors (Lipinski definition) is 1. The van der Waals surface area contributed by atoms with Gasteiger partial charge in [0.05, 0.1) is 11.8 Å². The number of rotatable bonds is 9. The average molecular weight is 398 g/mol. The molecular formula is C21H23FN4O3. The molecule has 0 amide bonds. The number of ether oxygens (including phenoxy) is 1. The molecule has 0 fully saturated rings. The number of aryl methyl sites for hydroxylation is 1. The largest absolute Gasteiger partial charge is 0.478 e. The zero-order chi connectivity index (χ0) is 20.8. The molecule has 0 unspecified atom stereocenters. The van der Waals surface area contributed by atoms with Crippen molar-refractivity contribution in [2.24, 2.45) is 0 Å². The molecule has 0 aliphatic rings. The monoisotopic (exact) mass is 398 g/mol. The van der Waals surface area contributed by atoms with Gasteiger partial charge in [0.15, 0.2) is 5.82 Å². The molecule has 1 aromatic carbocycles. The molecule has 3 aromatic rings. The minimum absolute atomic E-state index is 0.115. The Bertz CT molecular complexity index is 970. The molecule has 0 bridgehead atoms. The summed E-state index contributed by atoms with van der Waals surface area (Å²) in [5, 5.41) is 13.6. The Hall–Kier alpha value is -3.26. The van der Waals surface area contributed by atoms with Gasteiger partial charge in [-0.15, -0.1) is 0 Å². The SMILES string of the molecule is CN(C)CCCc1cnn(-c2cc(C(=O)O)ccn2)c1OCc1ccc(F)cc1. The fourth-order valence-corrected chi connectivity index (χ4v) is 2.84. The summed E-state index contributed by atoms with van der Waals surface area (Å²) in [4.78, 5) is 17.6. The summed E-state index contributed by atoms with van der Waals surface area (Å²) in [6, 6.07) is 8.95. The van der Waals surface area contributed by atoms with Crippen molar-refractivity contribution < 1.29 is 19.0 Å². The van der Waals surface area contributed by atoms with Gasteiger partial charge in [0.1, 0.15) is 12.4 Å². The summed E-state index contributed by atoms with van der Waals surface area (Å²) >= 11 is 0. The Morgan fingerprint density at radius 1 is 1.24 bits per heavy atom. The fourth-order valence-electron chi connectivity index (χ4n) is 2.84. The molecule has 29 heavy (non-hydrogen) atoms. The van der Waals surface area contributed by atoms with E-state index in [-0.39, 0.29) is 18.0 Å². The topological polar surface area (TPSA) is 80.5 Å². The molecule has 2 heterocycles. The van der Waals surface area contributed by atoms with E-state index in [2.05, 4.69) is 15.0 Å². The van der Waals surface area contributed by atoms with Crippen molar-refractivity contribution in [3.8, 4) is 11.7 Å². The number of carboxylic acids is 1. The lowest BCUT2D eigenvalue weighted by Crippen LogP contribution is -2.13. The van der Waals surface area contributed by atoms with Crippen LogP contribution in [0.5, 0.6) is 5.88 Å². The van der Waals surface area contributed by atoms with E-state index in [1.807, 2.05) is 14.1 Å². The van der Waals surface area contributed by atoms with E-state index < -0.39 is 5.97 Å². The number of halogens is 1. The summed E-state index contributed by atoms with van der Waals surface area (Å²) in [7, 11) is 4.02. The highest BCUT2D eigenvalue weighted by atomic mass is 19.1. The molecule has 2 aromatic heterocycles. The fraction of sp³-hybridized carbons (Fsp3) is 0.286. The number of aromatic nitrogens is 3. The second kappa shape index (κ2) is 9.29. The van der Waals surface area contributed by atoms with Gasteiger partial charge in [-0.05, 0) is 63.3 Å². The zero-order valence-corrected chi connectivity index (χ0v) is 16.4. The van der Waals surface area contributed by atoms with Crippen LogP contribution >= 0.6 is 0 Å². The predicted molar refractivity (Wildman–Crippen MR) is 106 cm³/mol. The Morgan fingerprint density at radius 2 is 2.00 bits per heavy atom. The lowest BCUT2D eigenvalue weighted by Gasteiger charge is -2.12. The summed E-state index contributed by atoms with van der Waals surface area (Å²) < 4.78 is 20.7. The standard InChI is InChI=1S/C21H23FN4O3/c1-25(2)11-3-4-17-13-24-26(19-12-16(21(27)28)9-10-23-19)20(17)29-14-15-5-7-18(22)8-6-15/h5-10,12-13H,3-4,11,14H2,1-2H3,(H,27,28). The number of pyridine rings is 1. The highest BCUT2D eigenvalue weighted by molar-refractivity contribution is 5.87. The van der Waals surface area contributed by atoms with Gasteiger partial charge in [0.2, 0.25) is 5.88 Å². The Morgan fingerprint density at radius 3 is 2.69 bits per heavy atom. The van der Waals surface area contributed by atoms with E-state index in [1.165, 1.54) is 35.1 Å². The van der Waals surface area contributed by atoms with Gasteiger partial charge in [0, 0.05) is 11.8 Å². The number of carboxylic acid groups (broad SMARTS) is 1. The normalized spacial score (nSPS) is 11.0. The van der Waals surface area contributed by atoms with E-state index in [0.29, 0.717) is 11.7 Å². The number of aromatic carboxylic acids is 1. The smallest absolute Gasteiger partial charge is 0.335 e. The van der Waals surface area contributed by atoms with Crippen LogP contribution in [0, 0.1) is 5.82 Å². The van der Waals surface area contributed by atoms with E-state index in [0.717, 1.165) is 30.5 Å². The molecule has 0 radical (unpaired) electrons. The van der Waals surface area contributed by atoms with Gasteiger partial charge in [0.25, 0.3) is 0 Å². The van der Waals surface area contributed by atoms with Crippen molar-refractivity contribution in [3.05, 3.63) is 71.3 Å². The third-order valence-corrected chi connectivity index (χ3v) is 4.35. The molecule has 0 aliphatic carbocycles. The van der Waals surface area contributed by atoms with Crippen LogP contribution in [0.15, 0.2) is 48.8 Å². The molecule has 1 N–H and O–H groups in total. The highest BCUT2D eigenvalue weighted by Gasteiger charge is 2.16. The van der Waals surface area contributed by atoms with Gasteiger partial charge >= 0.3 is 5.97 Å². The molecule has 0 atom stereocenters. The average Bonchev–Trinajstić information content (AvgIpc) is 3.10. The van der Waals surface area contributed by atoms with Crippen LogP contribution in [0.3, 0.4) is 0 Å². The number of carbonyl (C=O) groups is 1. The Labute approximate surface area is 168 Å². The number of benzene rings is 1. The van der Waals surface area contributed by atoms with Crippen LogP contribution in [0.25, 0.3) is 5.82 Å². The molecule has 8 heteroatoms. The third-order valence-electron chi connectivity index (χ3n) is 4.35. The van der Waals surface area contributed by atoms with Crippen LogP contribution in [0.2, 0.25) is 0 Å². The molecule has 0 aliphatic heterocycles. The molecule has 0 saturated heterocycles. The van der Waals surface area contributed by atoms with Crippen molar-refractivity contribution in [2.45, 2.75) is 19.4 Å². The maximum absolute atomic E-state index is 13.1. The number of nitrogens with zero attached hydrogens (tertiary/aromatic N) is 4. The summed E-state index contributed by atoms with van der Waals surface area (Å²) in [6.07, 6.45) is 4.80. The Kier molecular flexibility index (Phi) is 6.56. The zero-order valence-electron chi connectivity index (χ0n) is 16.4. The van der Waals surface area contributed by atoms with Crippen molar-refractivity contribution in [3.63, 3.8) is 0 Å². The van der Waals surface area contributed by atoms with E-state index in [9.17, 15) is 14.3 Å². The second-order valence-corrected chi connectivity index (χ2v) is 6.92.